The molecule has 1 aromatic heterocycles. The van der Waals surface area contributed by atoms with Crippen molar-refractivity contribution in [2.45, 2.75) is 37.8 Å². The lowest BCUT2D eigenvalue weighted by Gasteiger charge is -2.25. The largest absolute Gasteiger partial charge is 0.496 e. The number of fused-ring (bicyclic) bond motifs is 1. The molecule has 1 aliphatic heterocycles. The molecule has 0 saturated carbocycles. The number of aromatic nitrogens is 1. The van der Waals surface area contributed by atoms with Gasteiger partial charge in [-0.25, -0.2) is 9.79 Å². The maximum atomic E-state index is 13.7. The highest BCUT2D eigenvalue weighted by Gasteiger charge is 2.33. The van der Waals surface area contributed by atoms with E-state index in [0.717, 1.165) is 25.3 Å². The van der Waals surface area contributed by atoms with Crippen LogP contribution < -0.4 is 19.6 Å². The molecule has 0 unspecified atom stereocenters. The van der Waals surface area contributed by atoms with E-state index in [2.05, 4.69) is 27.6 Å². The zero-order valence-corrected chi connectivity index (χ0v) is 23.8. The second kappa shape index (κ2) is 10.7. The number of carbonyl (C=O) groups excluding carboxylic acids is 1. The van der Waals surface area contributed by atoms with Crippen LogP contribution >= 0.6 is 45.7 Å². The molecule has 0 spiro atoms. The van der Waals surface area contributed by atoms with Gasteiger partial charge in [-0.2, -0.15) is 0 Å². The molecule has 4 rings (SSSR count). The Morgan fingerprint density at radius 1 is 1.23 bits per heavy atom. The standard InChI is InChI=1S/C26H25IN2O4S2/c1-14(2)33-25(31)22-15(3)28-26-29(23(22)17-7-9-18(34-5)10-8-17)24(30)21(35-26)13-16-6-11-20(32-4)19(27)12-16/h6-14,23H,1-5H3/b21-13+/t23-/m0/s1. The summed E-state index contributed by atoms with van der Waals surface area (Å²) < 4.78 is 14.0. The van der Waals surface area contributed by atoms with Crippen molar-refractivity contribution >= 4 is 57.7 Å². The Labute approximate surface area is 225 Å². The van der Waals surface area contributed by atoms with Crippen LogP contribution in [0.4, 0.5) is 0 Å². The molecule has 0 radical (unpaired) electrons. The first-order valence-corrected chi connectivity index (χ1v) is 14.1. The summed E-state index contributed by atoms with van der Waals surface area (Å²) in [5.74, 6) is 0.320. The molecule has 1 aliphatic rings. The molecule has 1 atom stereocenters. The van der Waals surface area contributed by atoms with Crippen molar-refractivity contribution in [2.24, 2.45) is 4.99 Å². The molecule has 9 heteroatoms. The van der Waals surface area contributed by atoms with Crippen LogP contribution in [0.2, 0.25) is 0 Å². The smallest absolute Gasteiger partial charge is 0.338 e. The summed E-state index contributed by atoms with van der Waals surface area (Å²) in [6, 6.07) is 13.0. The Bertz CT molecular complexity index is 1490. The highest BCUT2D eigenvalue weighted by molar-refractivity contribution is 14.1. The molecule has 0 bridgehead atoms. The minimum atomic E-state index is -0.619. The number of thiazole rings is 1. The quantitative estimate of drug-likeness (QED) is 0.230. The SMILES string of the molecule is COc1ccc(/C=c2/sc3n(c2=O)[C@@H](c2ccc(SC)cc2)C(C(=O)OC(C)C)=C(C)N=3)cc1I. The van der Waals surface area contributed by atoms with Crippen molar-refractivity contribution in [3.8, 4) is 5.75 Å². The molecule has 6 nitrogen and oxygen atoms in total. The van der Waals surface area contributed by atoms with Gasteiger partial charge in [0.25, 0.3) is 5.56 Å². The van der Waals surface area contributed by atoms with Gasteiger partial charge in [0.2, 0.25) is 0 Å². The molecule has 0 N–H and O–H groups in total. The van der Waals surface area contributed by atoms with Gasteiger partial charge in [0.15, 0.2) is 4.80 Å². The van der Waals surface area contributed by atoms with E-state index in [-0.39, 0.29) is 11.7 Å². The Hall–Kier alpha value is -2.37. The van der Waals surface area contributed by atoms with Crippen molar-refractivity contribution in [1.82, 2.24) is 4.57 Å². The van der Waals surface area contributed by atoms with Gasteiger partial charge in [0.1, 0.15) is 5.75 Å². The Balaban J connectivity index is 1.91. The van der Waals surface area contributed by atoms with Crippen molar-refractivity contribution in [3.05, 3.63) is 88.1 Å². The first-order chi connectivity index (χ1) is 16.7. The summed E-state index contributed by atoms with van der Waals surface area (Å²) >= 11 is 5.16. The molecule has 3 aromatic rings. The summed E-state index contributed by atoms with van der Waals surface area (Å²) in [5.41, 5.74) is 2.46. The van der Waals surface area contributed by atoms with E-state index in [1.165, 1.54) is 11.3 Å². The van der Waals surface area contributed by atoms with Gasteiger partial charge in [0.05, 0.1) is 38.6 Å². The lowest BCUT2D eigenvalue weighted by molar-refractivity contribution is -0.143. The summed E-state index contributed by atoms with van der Waals surface area (Å²) in [4.78, 5) is 33.2. The van der Waals surface area contributed by atoms with Crippen LogP contribution in [0.1, 0.15) is 37.9 Å². The number of carbonyl (C=O) groups is 1. The van der Waals surface area contributed by atoms with Gasteiger partial charge < -0.3 is 9.47 Å². The normalized spacial score (nSPS) is 15.7. The van der Waals surface area contributed by atoms with Gasteiger partial charge >= 0.3 is 5.97 Å². The van der Waals surface area contributed by atoms with Crippen LogP contribution in [0.15, 0.2) is 68.4 Å². The number of esters is 1. The monoisotopic (exact) mass is 620 g/mol. The maximum Gasteiger partial charge on any atom is 0.338 e. The van der Waals surface area contributed by atoms with Crippen LogP contribution in [0.25, 0.3) is 6.08 Å². The van der Waals surface area contributed by atoms with E-state index in [9.17, 15) is 9.59 Å². The molecular formula is C26H25IN2O4S2. The Kier molecular flexibility index (Phi) is 7.87. The molecule has 0 aliphatic carbocycles. The lowest BCUT2D eigenvalue weighted by atomic mass is 9.96. The molecule has 2 heterocycles. The van der Waals surface area contributed by atoms with E-state index in [1.54, 1.807) is 30.4 Å². The van der Waals surface area contributed by atoms with Crippen LogP contribution in [0.3, 0.4) is 0 Å². The third kappa shape index (κ3) is 5.26. The summed E-state index contributed by atoms with van der Waals surface area (Å²) in [6.45, 7) is 5.41. The van der Waals surface area contributed by atoms with Crippen LogP contribution in [0, 0.1) is 3.57 Å². The Morgan fingerprint density at radius 2 is 1.94 bits per heavy atom. The van der Waals surface area contributed by atoms with Gasteiger partial charge in [-0.05, 0) is 91.1 Å². The molecule has 0 saturated heterocycles. The summed E-state index contributed by atoms with van der Waals surface area (Å²) in [7, 11) is 1.63. The van der Waals surface area contributed by atoms with Gasteiger partial charge in [-0.15, -0.1) is 11.8 Å². The minimum Gasteiger partial charge on any atom is -0.496 e. The van der Waals surface area contributed by atoms with Crippen molar-refractivity contribution in [2.75, 3.05) is 13.4 Å². The molecular weight excluding hydrogens is 595 g/mol. The first kappa shape index (κ1) is 25.7. The number of ether oxygens (including phenoxy) is 2. The third-order valence-electron chi connectivity index (χ3n) is 5.49. The fourth-order valence-corrected chi connectivity index (χ4v) is 6.10. The number of hydrogen-bond donors (Lipinski definition) is 0. The number of hydrogen-bond acceptors (Lipinski definition) is 7. The second-order valence-corrected chi connectivity index (χ2v) is 11.3. The van der Waals surface area contributed by atoms with E-state index >= 15 is 0 Å². The van der Waals surface area contributed by atoms with Gasteiger partial charge in [0, 0.05) is 4.90 Å². The van der Waals surface area contributed by atoms with E-state index in [4.69, 9.17) is 9.47 Å². The Morgan fingerprint density at radius 3 is 2.54 bits per heavy atom. The third-order valence-corrected chi connectivity index (χ3v) is 8.06. The maximum absolute atomic E-state index is 13.7. The minimum absolute atomic E-state index is 0.194. The average molecular weight is 621 g/mol. The summed E-state index contributed by atoms with van der Waals surface area (Å²) in [6.07, 6.45) is 3.57. The summed E-state index contributed by atoms with van der Waals surface area (Å²) in [5, 5.41) is 0. The number of benzene rings is 2. The van der Waals surface area contributed by atoms with Crippen LogP contribution in [-0.4, -0.2) is 30.0 Å². The second-order valence-electron chi connectivity index (χ2n) is 8.20. The van der Waals surface area contributed by atoms with E-state index in [0.29, 0.717) is 20.6 Å². The number of rotatable bonds is 6. The number of thioether (sulfide) groups is 1. The predicted octanol–water partition coefficient (Wildman–Crippen LogP) is 4.52. The highest BCUT2D eigenvalue weighted by Crippen LogP contribution is 2.32. The van der Waals surface area contributed by atoms with Gasteiger partial charge in [-0.3, -0.25) is 9.36 Å². The fourth-order valence-electron chi connectivity index (χ4n) is 3.89. The zero-order valence-electron chi connectivity index (χ0n) is 20.0. The predicted molar refractivity (Wildman–Crippen MR) is 149 cm³/mol. The average Bonchev–Trinajstić information content (AvgIpc) is 3.12. The first-order valence-electron chi connectivity index (χ1n) is 10.9. The fraction of sp³-hybridized carbons (Fsp3) is 0.269. The number of allylic oxidation sites excluding steroid dienone is 1. The number of halogens is 1. The van der Waals surface area contributed by atoms with Gasteiger partial charge in [-0.1, -0.05) is 29.5 Å². The lowest BCUT2D eigenvalue weighted by Crippen LogP contribution is -2.40. The molecule has 0 amide bonds. The molecule has 182 valence electrons. The van der Waals surface area contributed by atoms with Crippen LogP contribution in [-0.2, 0) is 9.53 Å². The van der Waals surface area contributed by atoms with Crippen molar-refractivity contribution in [1.29, 1.82) is 0 Å². The highest BCUT2D eigenvalue weighted by atomic mass is 127. The number of nitrogens with zero attached hydrogens (tertiary/aromatic N) is 2. The van der Waals surface area contributed by atoms with Crippen molar-refractivity contribution < 1.29 is 14.3 Å². The van der Waals surface area contributed by atoms with E-state index in [1.807, 2.05) is 68.6 Å². The van der Waals surface area contributed by atoms with E-state index < -0.39 is 12.0 Å². The molecule has 0 fully saturated rings. The topological polar surface area (TPSA) is 69.9 Å². The molecule has 2 aromatic carbocycles. The van der Waals surface area contributed by atoms with Crippen LogP contribution in [0.5, 0.6) is 5.75 Å². The van der Waals surface area contributed by atoms with Crippen molar-refractivity contribution in [3.63, 3.8) is 0 Å². The molecule has 35 heavy (non-hydrogen) atoms. The number of methoxy groups -OCH3 is 1. The zero-order chi connectivity index (χ0) is 25.3.